The van der Waals surface area contributed by atoms with Gasteiger partial charge < -0.3 is 10.2 Å². The van der Waals surface area contributed by atoms with E-state index in [1.807, 2.05) is 4.90 Å². The maximum atomic E-state index is 13.3. The highest BCUT2D eigenvalue weighted by atomic mass is 19.4. The highest BCUT2D eigenvalue weighted by molar-refractivity contribution is 5.81. The summed E-state index contributed by atoms with van der Waals surface area (Å²) >= 11 is 0. The third-order valence-electron chi connectivity index (χ3n) is 5.38. The van der Waals surface area contributed by atoms with Crippen LogP contribution in [0.4, 0.5) is 19.1 Å². The van der Waals surface area contributed by atoms with E-state index in [0.29, 0.717) is 13.1 Å². The maximum Gasteiger partial charge on any atom is 0.411 e. The molecule has 1 saturated heterocycles. The zero-order chi connectivity index (χ0) is 16.9. The summed E-state index contributed by atoms with van der Waals surface area (Å²) in [4.78, 5) is 17.9. The molecule has 1 N–H and O–H groups in total. The van der Waals surface area contributed by atoms with Gasteiger partial charge in [-0.3, -0.25) is 4.79 Å². The molecule has 1 aliphatic carbocycles. The Kier molecular flexibility index (Phi) is 3.69. The van der Waals surface area contributed by atoms with Gasteiger partial charge in [-0.15, -0.1) is 0 Å². The number of aromatic nitrogens is 3. The van der Waals surface area contributed by atoms with E-state index in [1.165, 1.54) is 0 Å². The lowest BCUT2D eigenvalue weighted by Crippen LogP contribution is -2.47. The van der Waals surface area contributed by atoms with E-state index in [-0.39, 0.29) is 36.2 Å². The molecular weight excluding hydrogens is 323 g/mol. The fourth-order valence-corrected chi connectivity index (χ4v) is 3.84. The van der Waals surface area contributed by atoms with Crippen molar-refractivity contribution in [2.75, 3.05) is 18.4 Å². The predicted octanol–water partition coefficient (Wildman–Crippen LogP) is 2.21. The standard InChI is InChI=1S/C15H20F3N5O/c16-15(17,18)12-7-11(21-14-19-8-20-23(12)14)9-3-5-22(6-4-9)13(24)10-1-2-10/h8-12H,1-7H2,(H,19,20,21)/t11-,12+/m0/s1. The Labute approximate surface area is 137 Å². The van der Waals surface area contributed by atoms with Crippen LogP contribution in [0.1, 0.15) is 38.1 Å². The van der Waals surface area contributed by atoms with Gasteiger partial charge in [0.2, 0.25) is 11.9 Å². The van der Waals surface area contributed by atoms with Crippen LogP contribution in [0.2, 0.25) is 0 Å². The van der Waals surface area contributed by atoms with Gasteiger partial charge in [0.25, 0.3) is 0 Å². The van der Waals surface area contributed by atoms with Gasteiger partial charge in [-0.1, -0.05) is 0 Å². The van der Waals surface area contributed by atoms with Crippen molar-refractivity contribution in [2.45, 2.75) is 50.4 Å². The quantitative estimate of drug-likeness (QED) is 0.894. The summed E-state index contributed by atoms with van der Waals surface area (Å²) in [6, 6.07) is -1.92. The number of carbonyl (C=O) groups is 1. The first-order valence-corrected chi connectivity index (χ1v) is 8.45. The van der Waals surface area contributed by atoms with Crippen LogP contribution in [0.25, 0.3) is 0 Å². The lowest BCUT2D eigenvalue weighted by atomic mass is 9.85. The van der Waals surface area contributed by atoms with Gasteiger partial charge in [0, 0.05) is 25.0 Å². The van der Waals surface area contributed by atoms with Crippen molar-refractivity contribution in [1.82, 2.24) is 19.7 Å². The van der Waals surface area contributed by atoms with Crippen LogP contribution in [-0.2, 0) is 4.79 Å². The van der Waals surface area contributed by atoms with Crippen LogP contribution in [0.5, 0.6) is 0 Å². The summed E-state index contributed by atoms with van der Waals surface area (Å²) < 4.78 is 40.9. The molecule has 0 spiro atoms. The third kappa shape index (κ3) is 2.84. The van der Waals surface area contributed by atoms with Crippen LogP contribution in [-0.4, -0.2) is 50.9 Å². The Bertz CT molecular complexity index is 619. The number of carbonyl (C=O) groups excluding carboxylic acids is 1. The molecule has 132 valence electrons. The van der Waals surface area contributed by atoms with E-state index < -0.39 is 12.2 Å². The largest absolute Gasteiger partial charge is 0.411 e. The molecule has 2 fully saturated rings. The number of likely N-dealkylation sites (tertiary alicyclic amines) is 1. The SMILES string of the molecule is O=C(C1CC1)N1CCC([C@@H]2C[C@H](C(F)(F)F)n3ncnc3N2)CC1. The van der Waals surface area contributed by atoms with Gasteiger partial charge in [-0.2, -0.15) is 23.3 Å². The van der Waals surface area contributed by atoms with Crippen molar-refractivity contribution in [3.63, 3.8) is 0 Å². The first-order chi connectivity index (χ1) is 11.4. The van der Waals surface area contributed by atoms with Gasteiger partial charge in [0.05, 0.1) is 0 Å². The Morgan fingerprint density at radius 2 is 1.92 bits per heavy atom. The second-order valence-electron chi connectivity index (χ2n) is 7.01. The van der Waals surface area contributed by atoms with Crippen LogP contribution in [0, 0.1) is 11.8 Å². The van der Waals surface area contributed by atoms with Crippen molar-refractivity contribution >= 4 is 11.9 Å². The fraction of sp³-hybridized carbons (Fsp3) is 0.800. The van der Waals surface area contributed by atoms with E-state index in [0.717, 1.165) is 36.7 Å². The zero-order valence-corrected chi connectivity index (χ0v) is 13.2. The van der Waals surface area contributed by atoms with Crippen LogP contribution in [0.3, 0.4) is 0 Å². The molecule has 9 heteroatoms. The van der Waals surface area contributed by atoms with E-state index in [4.69, 9.17) is 0 Å². The van der Waals surface area contributed by atoms with Crippen molar-refractivity contribution < 1.29 is 18.0 Å². The Morgan fingerprint density at radius 3 is 2.54 bits per heavy atom. The number of fused-ring (bicyclic) bond motifs is 1. The van der Waals surface area contributed by atoms with Crippen LogP contribution < -0.4 is 5.32 Å². The van der Waals surface area contributed by atoms with E-state index >= 15 is 0 Å². The van der Waals surface area contributed by atoms with Gasteiger partial charge in [0.1, 0.15) is 6.33 Å². The molecule has 0 aromatic carbocycles. The van der Waals surface area contributed by atoms with Gasteiger partial charge >= 0.3 is 6.18 Å². The summed E-state index contributed by atoms with van der Waals surface area (Å²) in [5, 5.41) is 6.83. The van der Waals surface area contributed by atoms with E-state index in [1.54, 1.807) is 0 Å². The average Bonchev–Trinajstić information content (AvgIpc) is 3.30. The van der Waals surface area contributed by atoms with Gasteiger partial charge in [-0.05, 0) is 38.0 Å². The Morgan fingerprint density at radius 1 is 1.21 bits per heavy atom. The number of alkyl halides is 3. The van der Waals surface area contributed by atoms with Crippen molar-refractivity contribution in [1.29, 1.82) is 0 Å². The van der Waals surface area contributed by atoms with Crippen LogP contribution in [0.15, 0.2) is 6.33 Å². The molecule has 1 aromatic heterocycles. The number of amides is 1. The number of anilines is 1. The molecule has 24 heavy (non-hydrogen) atoms. The minimum Gasteiger partial charge on any atom is -0.351 e. The first kappa shape index (κ1) is 15.7. The predicted molar refractivity (Wildman–Crippen MR) is 79.2 cm³/mol. The van der Waals surface area contributed by atoms with Crippen molar-refractivity contribution in [3.8, 4) is 0 Å². The molecule has 3 heterocycles. The number of hydrogen-bond donors (Lipinski definition) is 1. The molecule has 2 atom stereocenters. The van der Waals surface area contributed by atoms with Crippen LogP contribution >= 0.6 is 0 Å². The molecule has 3 aliphatic rings. The van der Waals surface area contributed by atoms with Gasteiger partial charge in [0.15, 0.2) is 6.04 Å². The number of piperidine rings is 1. The minimum atomic E-state index is -4.34. The molecular formula is C15H20F3N5O. The molecule has 1 aromatic rings. The third-order valence-corrected chi connectivity index (χ3v) is 5.38. The molecule has 1 amide bonds. The normalized spacial score (nSPS) is 28.4. The minimum absolute atomic E-state index is 0.0406. The van der Waals surface area contributed by atoms with Gasteiger partial charge in [-0.25, -0.2) is 4.68 Å². The molecule has 0 unspecified atom stereocenters. The number of nitrogens with one attached hydrogen (secondary N) is 1. The number of hydrogen-bond acceptors (Lipinski definition) is 4. The monoisotopic (exact) mass is 343 g/mol. The summed E-state index contributed by atoms with van der Waals surface area (Å²) in [5.41, 5.74) is 0. The van der Waals surface area contributed by atoms with Crippen molar-refractivity contribution in [3.05, 3.63) is 6.33 Å². The van der Waals surface area contributed by atoms with E-state index in [2.05, 4.69) is 15.4 Å². The number of nitrogens with zero attached hydrogens (tertiary/aromatic N) is 4. The highest BCUT2D eigenvalue weighted by Gasteiger charge is 2.48. The highest BCUT2D eigenvalue weighted by Crippen LogP contribution is 2.41. The van der Waals surface area contributed by atoms with E-state index in [9.17, 15) is 18.0 Å². The average molecular weight is 343 g/mol. The summed E-state index contributed by atoms with van der Waals surface area (Å²) in [6.07, 6.45) is 0.189. The zero-order valence-electron chi connectivity index (χ0n) is 13.2. The molecule has 1 saturated carbocycles. The lowest BCUT2D eigenvalue weighted by Gasteiger charge is -2.40. The molecule has 0 bridgehead atoms. The smallest absolute Gasteiger partial charge is 0.351 e. The number of rotatable bonds is 2. The Balaban J connectivity index is 1.43. The lowest BCUT2D eigenvalue weighted by molar-refractivity contribution is -0.174. The molecule has 2 aliphatic heterocycles. The topological polar surface area (TPSA) is 63.1 Å². The first-order valence-electron chi connectivity index (χ1n) is 8.45. The number of halogens is 3. The second kappa shape index (κ2) is 5.63. The second-order valence-corrected chi connectivity index (χ2v) is 7.01. The Hall–Kier alpha value is -1.80. The summed E-state index contributed by atoms with van der Waals surface area (Å²) in [7, 11) is 0. The summed E-state index contributed by atoms with van der Waals surface area (Å²) in [6.45, 7) is 1.28. The summed E-state index contributed by atoms with van der Waals surface area (Å²) in [5.74, 6) is 0.717. The van der Waals surface area contributed by atoms with Crippen molar-refractivity contribution in [2.24, 2.45) is 11.8 Å². The molecule has 0 radical (unpaired) electrons. The molecule has 6 nitrogen and oxygen atoms in total. The maximum absolute atomic E-state index is 13.3. The molecule has 4 rings (SSSR count). The fourth-order valence-electron chi connectivity index (χ4n) is 3.84.